The topological polar surface area (TPSA) is 3.01 Å². The van der Waals surface area contributed by atoms with Gasteiger partial charge < -0.3 is 4.90 Å². The minimum absolute atomic E-state index is 0.733. The van der Waals surface area contributed by atoms with E-state index in [4.69, 9.17) is 0 Å². The van der Waals surface area contributed by atoms with Crippen LogP contribution in [-0.4, -0.2) is 17.0 Å². The van der Waals surface area contributed by atoms with E-state index in [9.17, 15) is 0 Å². The fraction of sp³-hybridized carbons (Fsp3) is 0.714. The molecule has 0 amide bonds. The molecule has 1 aliphatic heterocycles. The standard InChI is InChI=1S/C7H9N/c1-5-4-8(5)7-2-6(7)3-7/h6H,1-4H2. The van der Waals surface area contributed by atoms with Crippen molar-refractivity contribution in [3.05, 3.63) is 12.3 Å². The molecule has 8 heavy (non-hydrogen) atoms. The van der Waals surface area contributed by atoms with Crippen LogP contribution in [0, 0.1) is 5.92 Å². The first-order chi connectivity index (χ1) is 3.83. The highest BCUT2D eigenvalue weighted by atomic mass is 15.4. The van der Waals surface area contributed by atoms with Gasteiger partial charge in [0.1, 0.15) is 0 Å². The molecule has 0 unspecified atom stereocenters. The molecule has 3 rings (SSSR count). The molecule has 0 N–H and O–H groups in total. The van der Waals surface area contributed by atoms with E-state index in [1.165, 1.54) is 25.1 Å². The first kappa shape index (κ1) is 3.54. The zero-order valence-corrected chi connectivity index (χ0v) is 4.85. The largest absolute Gasteiger partial charge is 0.362 e. The van der Waals surface area contributed by atoms with Crippen molar-refractivity contribution in [2.24, 2.45) is 5.92 Å². The van der Waals surface area contributed by atoms with Gasteiger partial charge in [0, 0.05) is 11.2 Å². The summed E-state index contributed by atoms with van der Waals surface area (Å²) < 4.78 is 0. The van der Waals surface area contributed by atoms with Crippen molar-refractivity contribution >= 4 is 0 Å². The highest BCUT2D eigenvalue weighted by Crippen LogP contribution is 2.73. The highest BCUT2D eigenvalue weighted by molar-refractivity contribution is 5.37. The third kappa shape index (κ3) is 0.206. The zero-order valence-electron chi connectivity index (χ0n) is 4.85. The van der Waals surface area contributed by atoms with E-state index < -0.39 is 0 Å². The van der Waals surface area contributed by atoms with E-state index in [-0.39, 0.29) is 0 Å². The Labute approximate surface area is 49.0 Å². The highest BCUT2D eigenvalue weighted by Gasteiger charge is 2.75. The second kappa shape index (κ2) is 0.652. The second-order valence-electron chi connectivity index (χ2n) is 3.36. The lowest BCUT2D eigenvalue weighted by atomic mass is 10.4. The van der Waals surface area contributed by atoms with Crippen LogP contribution in [0.25, 0.3) is 0 Å². The van der Waals surface area contributed by atoms with Crippen LogP contribution in [0.2, 0.25) is 0 Å². The molecule has 1 heterocycles. The van der Waals surface area contributed by atoms with Gasteiger partial charge >= 0.3 is 0 Å². The molecule has 3 aliphatic rings. The van der Waals surface area contributed by atoms with Gasteiger partial charge in [0.2, 0.25) is 0 Å². The fourth-order valence-electron chi connectivity index (χ4n) is 1.74. The van der Waals surface area contributed by atoms with Crippen molar-refractivity contribution in [2.75, 3.05) is 6.54 Å². The van der Waals surface area contributed by atoms with Gasteiger partial charge in [0.05, 0.1) is 6.54 Å². The Bertz CT molecular complexity index is 177. The maximum atomic E-state index is 3.91. The minimum atomic E-state index is 0.733. The van der Waals surface area contributed by atoms with Crippen LogP contribution >= 0.6 is 0 Å². The van der Waals surface area contributed by atoms with E-state index in [1.54, 1.807) is 0 Å². The molecular weight excluding hydrogens is 98.1 g/mol. The lowest BCUT2D eigenvalue weighted by molar-refractivity contribution is 0.480. The molecule has 0 radical (unpaired) electrons. The summed E-state index contributed by atoms with van der Waals surface area (Å²) in [5.74, 6) is 1.10. The van der Waals surface area contributed by atoms with Gasteiger partial charge in [0.15, 0.2) is 0 Å². The smallest absolute Gasteiger partial charge is 0.0576 e. The van der Waals surface area contributed by atoms with E-state index in [0.717, 1.165) is 11.5 Å². The van der Waals surface area contributed by atoms with E-state index in [1.807, 2.05) is 0 Å². The third-order valence-electron chi connectivity index (χ3n) is 2.80. The molecule has 3 fully saturated rings. The van der Waals surface area contributed by atoms with Crippen molar-refractivity contribution in [1.82, 2.24) is 4.90 Å². The van der Waals surface area contributed by atoms with Gasteiger partial charge in [-0.1, -0.05) is 6.58 Å². The molecule has 0 bridgehead atoms. The monoisotopic (exact) mass is 107 g/mol. The molecule has 0 atom stereocenters. The average molecular weight is 107 g/mol. The van der Waals surface area contributed by atoms with Crippen LogP contribution in [0.15, 0.2) is 12.3 Å². The van der Waals surface area contributed by atoms with Crippen molar-refractivity contribution < 1.29 is 0 Å². The van der Waals surface area contributed by atoms with Crippen LogP contribution in [0.1, 0.15) is 12.8 Å². The Morgan fingerprint density at radius 2 is 2.12 bits per heavy atom. The fourth-order valence-corrected chi connectivity index (χ4v) is 1.74. The Balaban J connectivity index is 1.92. The SMILES string of the molecule is C=C1CN1C12CC1C2. The summed E-state index contributed by atoms with van der Waals surface area (Å²) in [7, 11) is 0. The molecule has 1 saturated heterocycles. The molecule has 1 nitrogen and oxygen atoms in total. The quantitative estimate of drug-likeness (QED) is 0.451. The van der Waals surface area contributed by atoms with Gasteiger partial charge in [-0.25, -0.2) is 0 Å². The molecule has 0 aromatic heterocycles. The van der Waals surface area contributed by atoms with Gasteiger partial charge in [0.25, 0.3) is 0 Å². The molecular formula is C7H9N. The Morgan fingerprint density at radius 3 is 2.25 bits per heavy atom. The maximum Gasteiger partial charge on any atom is 0.0576 e. The first-order valence-electron chi connectivity index (χ1n) is 3.28. The Hall–Kier alpha value is -0.460. The summed E-state index contributed by atoms with van der Waals surface area (Å²) in [4.78, 5) is 2.47. The van der Waals surface area contributed by atoms with E-state index in [2.05, 4.69) is 11.5 Å². The Kier molecular flexibility index (Phi) is 0.289. The van der Waals surface area contributed by atoms with Crippen molar-refractivity contribution in [3.63, 3.8) is 0 Å². The van der Waals surface area contributed by atoms with E-state index in [0.29, 0.717) is 0 Å². The molecule has 42 valence electrons. The summed E-state index contributed by atoms with van der Waals surface area (Å²) in [5.41, 5.74) is 2.11. The summed E-state index contributed by atoms with van der Waals surface area (Å²) in [6, 6.07) is 0. The first-order valence-corrected chi connectivity index (χ1v) is 3.28. The molecule has 0 spiro atoms. The lowest BCUT2D eigenvalue weighted by Gasteiger charge is -2.01. The molecule has 0 aromatic rings. The molecule has 2 saturated carbocycles. The second-order valence-corrected chi connectivity index (χ2v) is 3.36. The maximum absolute atomic E-state index is 3.91. The van der Waals surface area contributed by atoms with Crippen LogP contribution < -0.4 is 0 Å². The molecule has 2 aliphatic carbocycles. The summed E-state index contributed by atoms with van der Waals surface area (Å²) in [6.07, 6.45) is 2.96. The molecule has 0 aromatic carbocycles. The van der Waals surface area contributed by atoms with Crippen molar-refractivity contribution in [1.29, 1.82) is 0 Å². The summed E-state index contributed by atoms with van der Waals surface area (Å²) in [5, 5.41) is 0. The average Bonchev–Trinajstić information content (AvgIpc) is 2.15. The summed E-state index contributed by atoms with van der Waals surface area (Å²) in [6.45, 7) is 5.11. The van der Waals surface area contributed by atoms with E-state index >= 15 is 0 Å². The van der Waals surface area contributed by atoms with Crippen LogP contribution in [0.4, 0.5) is 0 Å². The van der Waals surface area contributed by atoms with Crippen molar-refractivity contribution in [3.8, 4) is 0 Å². The van der Waals surface area contributed by atoms with Crippen LogP contribution in [-0.2, 0) is 0 Å². The van der Waals surface area contributed by atoms with Crippen LogP contribution in [0.5, 0.6) is 0 Å². The van der Waals surface area contributed by atoms with Gasteiger partial charge in [-0.15, -0.1) is 0 Å². The number of hydrogen-bond donors (Lipinski definition) is 0. The number of nitrogens with zero attached hydrogens (tertiary/aromatic N) is 1. The normalized spacial score (nSPS) is 55.8. The van der Waals surface area contributed by atoms with Gasteiger partial charge in [-0.05, 0) is 18.8 Å². The van der Waals surface area contributed by atoms with Crippen LogP contribution in [0.3, 0.4) is 0 Å². The number of rotatable bonds is 1. The Morgan fingerprint density at radius 1 is 1.62 bits per heavy atom. The van der Waals surface area contributed by atoms with Gasteiger partial charge in [-0.3, -0.25) is 0 Å². The lowest BCUT2D eigenvalue weighted by Crippen LogP contribution is -2.06. The number of fused-ring (bicyclic) bond motifs is 1. The molecule has 1 heteroatoms. The third-order valence-corrected chi connectivity index (χ3v) is 2.80. The zero-order chi connectivity index (χ0) is 5.35. The van der Waals surface area contributed by atoms with Crippen molar-refractivity contribution in [2.45, 2.75) is 18.4 Å². The predicted octanol–water partition coefficient (Wildman–Crippen LogP) is 0.978. The summed E-state index contributed by atoms with van der Waals surface area (Å²) >= 11 is 0. The van der Waals surface area contributed by atoms with Gasteiger partial charge in [-0.2, -0.15) is 0 Å². The number of hydrogen-bond acceptors (Lipinski definition) is 1. The minimum Gasteiger partial charge on any atom is -0.362 e. The predicted molar refractivity (Wildman–Crippen MR) is 31.3 cm³/mol.